The molecule has 2 N–H and O–H groups in total. The van der Waals surface area contributed by atoms with Crippen LogP contribution in [0.25, 0.3) is 0 Å². The lowest BCUT2D eigenvalue weighted by atomic mass is 10.1. The summed E-state index contributed by atoms with van der Waals surface area (Å²) >= 11 is 3.54. The summed E-state index contributed by atoms with van der Waals surface area (Å²) in [6.07, 6.45) is 1.92. The molecular formula is C17H22N4OS2. The van der Waals surface area contributed by atoms with E-state index in [2.05, 4.69) is 44.6 Å². The van der Waals surface area contributed by atoms with Gasteiger partial charge in [-0.05, 0) is 41.3 Å². The minimum Gasteiger partial charge on any atom is -0.356 e. The summed E-state index contributed by atoms with van der Waals surface area (Å²) in [5, 5.41) is 10.6. The SMILES string of the molecule is CN=C(NCCc1cccs1)NCC(=O)N1CCc2sccc2C1. The Hall–Kier alpha value is -1.86. The number of hydrogen-bond acceptors (Lipinski definition) is 4. The van der Waals surface area contributed by atoms with E-state index >= 15 is 0 Å². The van der Waals surface area contributed by atoms with Gasteiger partial charge in [0.2, 0.25) is 5.91 Å². The third-order valence-electron chi connectivity index (χ3n) is 4.03. The molecule has 1 aliphatic heterocycles. The Labute approximate surface area is 150 Å². The minimum absolute atomic E-state index is 0.119. The van der Waals surface area contributed by atoms with Gasteiger partial charge in [-0.3, -0.25) is 9.79 Å². The highest BCUT2D eigenvalue weighted by Crippen LogP contribution is 2.23. The van der Waals surface area contributed by atoms with Crippen molar-refractivity contribution in [1.29, 1.82) is 0 Å². The van der Waals surface area contributed by atoms with Gasteiger partial charge in [-0.25, -0.2) is 0 Å². The van der Waals surface area contributed by atoms with E-state index in [0.717, 1.165) is 32.5 Å². The topological polar surface area (TPSA) is 56.7 Å². The quantitative estimate of drug-likeness (QED) is 0.633. The van der Waals surface area contributed by atoms with Crippen molar-refractivity contribution >= 4 is 34.5 Å². The van der Waals surface area contributed by atoms with Crippen LogP contribution in [0.1, 0.15) is 15.3 Å². The zero-order valence-corrected chi connectivity index (χ0v) is 15.4. The van der Waals surface area contributed by atoms with Crippen molar-refractivity contribution in [2.24, 2.45) is 4.99 Å². The molecule has 0 spiro atoms. The van der Waals surface area contributed by atoms with Crippen molar-refractivity contribution in [1.82, 2.24) is 15.5 Å². The molecule has 0 bridgehead atoms. The largest absolute Gasteiger partial charge is 0.356 e. The summed E-state index contributed by atoms with van der Waals surface area (Å²) in [7, 11) is 1.73. The number of aliphatic imine (C=N–C) groups is 1. The molecule has 24 heavy (non-hydrogen) atoms. The summed E-state index contributed by atoms with van der Waals surface area (Å²) < 4.78 is 0. The Bertz CT molecular complexity index is 693. The number of amides is 1. The van der Waals surface area contributed by atoms with Crippen LogP contribution in [0.4, 0.5) is 0 Å². The fourth-order valence-electron chi connectivity index (χ4n) is 2.71. The maximum Gasteiger partial charge on any atom is 0.242 e. The molecular weight excluding hydrogens is 340 g/mol. The molecule has 0 radical (unpaired) electrons. The lowest BCUT2D eigenvalue weighted by Crippen LogP contribution is -2.46. The number of carbonyl (C=O) groups excluding carboxylic acids is 1. The third kappa shape index (κ3) is 4.36. The summed E-state index contributed by atoms with van der Waals surface area (Å²) in [6.45, 7) is 2.61. The Balaban J connectivity index is 1.41. The monoisotopic (exact) mass is 362 g/mol. The van der Waals surface area contributed by atoms with Crippen molar-refractivity contribution in [3.8, 4) is 0 Å². The number of fused-ring (bicyclic) bond motifs is 1. The molecule has 7 heteroatoms. The third-order valence-corrected chi connectivity index (χ3v) is 5.99. The van der Waals surface area contributed by atoms with E-state index in [1.807, 2.05) is 4.90 Å². The summed E-state index contributed by atoms with van der Waals surface area (Å²) in [5.74, 6) is 0.793. The Morgan fingerprint density at radius 3 is 3.00 bits per heavy atom. The second-order valence-corrected chi connectivity index (χ2v) is 7.65. The first-order chi connectivity index (χ1) is 11.8. The molecule has 0 fully saturated rings. The van der Waals surface area contributed by atoms with Gasteiger partial charge in [0.1, 0.15) is 0 Å². The average molecular weight is 363 g/mol. The van der Waals surface area contributed by atoms with Gasteiger partial charge < -0.3 is 15.5 Å². The van der Waals surface area contributed by atoms with Gasteiger partial charge in [-0.15, -0.1) is 22.7 Å². The molecule has 128 valence electrons. The summed E-state index contributed by atoms with van der Waals surface area (Å²) in [4.78, 5) is 21.3. The molecule has 3 heterocycles. The first-order valence-corrected chi connectivity index (χ1v) is 9.82. The van der Waals surface area contributed by atoms with E-state index in [-0.39, 0.29) is 12.5 Å². The highest BCUT2D eigenvalue weighted by Gasteiger charge is 2.21. The van der Waals surface area contributed by atoms with E-state index in [1.165, 1.54) is 15.3 Å². The lowest BCUT2D eigenvalue weighted by molar-refractivity contribution is -0.130. The number of hydrogen-bond donors (Lipinski definition) is 2. The fraction of sp³-hybridized carbons (Fsp3) is 0.412. The highest BCUT2D eigenvalue weighted by atomic mass is 32.1. The maximum absolute atomic E-state index is 12.4. The maximum atomic E-state index is 12.4. The molecule has 2 aromatic rings. The zero-order valence-electron chi connectivity index (χ0n) is 13.7. The van der Waals surface area contributed by atoms with Gasteiger partial charge in [0.05, 0.1) is 6.54 Å². The van der Waals surface area contributed by atoms with Crippen LogP contribution in [0.2, 0.25) is 0 Å². The fourth-order valence-corrected chi connectivity index (χ4v) is 4.31. The van der Waals surface area contributed by atoms with Crippen LogP contribution in [0, 0.1) is 0 Å². The smallest absolute Gasteiger partial charge is 0.242 e. The van der Waals surface area contributed by atoms with Gasteiger partial charge in [-0.2, -0.15) is 0 Å². The van der Waals surface area contributed by atoms with Crippen molar-refractivity contribution in [3.05, 3.63) is 44.3 Å². The molecule has 2 aromatic heterocycles. The van der Waals surface area contributed by atoms with Gasteiger partial charge >= 0.3 is 0 Å². The number of nitrogens with one attached hydrogen (secondary N) is 2. The zero-order chi connectivity index (χ0) is 16.8. The molecule has 0 atom stereocenters. The van der Waals surface area contributed by atoms with Gasteiger partial charge in [0, 0.05) is 36.4 Å². The van der Waals surface area contributed by atoms with Crippen LogP contribution in [-0.2, 0) is 24.2 Å². The Morgan fingerprint density at radius 1 is 1.29 bits per heavy atom. The van der Waals surface area contributed by atoms with E-state index in [1.54, 1.807) is 29.7 Å². The van der Waals surface area contributed by atoms with Gasteiger partial charge in [-0.1, -0.05) is 6.07 Å². The summed E-state index contributed by atoms with van der Waals surface area (Å²) in [5.41, 5.74) is 1.29. The first-order valence-electron chi connectivity index (χ1n) is 8.06. The average Bonchev–Trinajstić information content (AvgIpc) is 3.28. The van der Waals surface area contributed by atoms with Crippen LogP contribution >= 0.6 is 22.7 Å². The standard InChI is InChI=1S/C17H22N4OS2/c1-18-17(19-7-4-14-3-2-9-23-14)20-11-16(22)21-8-5-15-13(12-21)6-10-24-15/h2-3,6,9-10H,4-5,7-8,11-12H2,1H3,(H2,18,19,20). The second kappa shape index (κ2) is 8.30. The number of nitrogens with zero attached hydrogens (tertiary/aromatic N) is 2. The van der Waals surface area contributed by atoms with Crippen LogP contribution in [-0.4, -0.2) is 43.4 Å². The van der Waals surface area contributed by atoms with E-state index in [0.29, 0.717) is 5.96 Å². The van der Waals surface area contributed by atoms with Crippen LogP contribution in [0.3, 0.4) is 0 Å². The Morgan fingerprint density at radius 2 is 2.21 bits per heavy atom. The highest BCUT2D eigenvalue weighted by molar-refractivity contribution is 7.10. The van der Waals surface area contributed by atoms with Crippen molar-refractivity contribution in [2.45, 2.75) is 19.4 Å². The predicted octanol–water partition coefficient (Wildman–Crippen LogP) is 2.10. The molecule has 5 nitrogen and oxygen atoms in total. The number of rotatable bonds is 5. The molecule has 0 saturated heterocycles. The lowest BCUT2D eigenvalue weighted by Gasteiger charge is -2.27. The number of guanidine groups is 1. The molecule has 3 rings (SSSR count). The van der Waals surface area contributed by atoms with Crippen molar-refractivity contribution < 1.29 is 4.79 Å². The normalized spacial score (nSPS) is 14.4. The van der Waals surface area contributed by atoms with Crippen molar-refractivity contribution in [3.63, 3.8) is 0 Å². The van der Waals surface area contributed by atoms with Crippen LogP contribution in [0.15, 0.2) is 34.0 Å². The second-order valence-electron chi connectivity index (χ2n) is 5.62. The molecule has 1 amide bonds. The predicted molar refractivity (Wildman–Crippen MR) is 101 cm³/mol. The number of thiophene rings is 2. The minimum atomic E-state index is 0.119. The molecule has 0 saturated carbocycles. The molecule has 0 aliphatic carbocycles. The summed E-state index contributed by atoms with van der Waals surface area (Å²) in [6, 6.07) is 6.31. The molecule has 0 unspecified atom stereocenters. The Kier molecular flexibility index (Phi) is 5.87. The molecule has 0 aromatic carbocycles. The molecule has 1 aliphatic rings. The number of carbonyl (C=O) groups is 1. The van der Waals surface area contributed by atoms with Gasteiger partial charge in [0.25, 0.3) is 0 Å². The first kappa shape index (κ1) is 17.0. The van der Waals surface area contributed by atoms with Crippen LogP contribution in [0.5, 0.6) is 0 Å². The van der Waals surface area contributed by atoms with E-state index < -0.39 is 0 Å². The van der Waals surface area contributed by atoms with Gasteiger partial charge in [0.15, 0.2) is 5.96 Å². The van der Waals surface area contributed by atoms with E-state index in [9.17, 15) is 4.79 Å². The van der Waals surface area contributed by atoms with Crippen molar-refractivity contribution in [2.75, 3.05) is 26.7 Å². The van der Waals surface area contributed by atoms with Crippen LogP contribution < -0.4 is 10.6 Å². The van der Waals surface area contributed by atoms with E-state index in [4.69, 9.17) is 0 Å².